The number of alkyl carbamates (subject to hydrolysis) is 1. The molecule has 1 heterocycles. The number of amides is 1. The summed E-state index contributed by atoms with van der Waals surface area (Å²) in [6.45, 7) is 7.19. The Kier molecular flexibility index (Phi) is 6.39. The maximum absolute atomic E-state index is 11.5. The molecule has 1 amide bonds. The molecule has 0 spiro atoms. The summed E-state index contributed by atoms with van der Waals surface area (Å²) in [6, 6.07) is 4.57. The number of ether oxygens (including phenoxy) is 1. The maximum atomic E-state index is 11.5. The van der Waals surface area contributed by atoms with Crippen LogP contribution in [0.25, 0.3) is 0 Å². The summed E-state index contributed by atoms with van der Waals surface area (Å²) in [5.41, 5.74) is 2.15. The van der Waals surface area contributed by atoms with Crippen molar-refractivity contribution in [2.45, 2.75) is 64.5 Å². The van der Waals surface area contributed by atoms with E-state index in [9.17, 15) is 4.79 Å². The first-order valence-corrected chi connectivity index (χ1v) is 8.60. The van der Waals surface area contributed by atoms with Crippen LogP contribution < -0.4 is 10.6 Å². The molecule has 0 aromatic carbocycles. The number of unbranched alkanes of at least 4 members (excludes halogenated alkanes) is 1. The Bertz CT molecular complexity index is 511. The number of hydrogen-bond acceptors (Lipinski definition) is 4. The van der Waals surface area contributed by atoms with Gasteiger partial charge in [0.05, 0.1) is 5.69 Å². The zero-order valence-corrected chi connectivity index (χ0v) is 14.5. The summed E-state index contributed by atoms with van der Waals surface area (Å²) in [5, 5.41) is 6.39. The van der Waals surface area contributed by atoms with Gasteiger partial charge in [-0.25, -0.2) is 4.79 Å². The van der Waals surface area contributed by atoms with Crippen LogP contribution in [0.15, 0.2) is 18.3 Å². The van der Waals surface area contributed by atoms with Gasteiger partial charge in [-0.05, 0) is 71.0 Å². The molecule has 0 fully saturated rings. The van der Waals surface area contributed by atoms with E-state index in [2.05, 4.69) is 21.7 Å². The van der Waals surface area contributed by atoms with Crippen molar-refractivity contribution in [3.05, 3.63) is 29.6 Å². The van der Waals surface area contributed by atoms with E-state index >= 15 is 0 Å². The van der Waals surface area contributed by atoms with E-state index in [0.29, 0.717) is 12.6 Å². The van der Waals surface area contributed by atoms with Crippen LogP contribution in [0.5, 0.6) is 0 Å². The van der Waals surface area contributed by atoms with Crippen LogP contribution in [-0.2, 0) is 11.2 Å². The number of aromatic nitrogens is 1. The first kappa shape index (κ1) is 17.7. The van der Waals surface area contributed by atoms with Gasteiger partial charge in [-0.3, -0.25) is 4.98 Å². The fourth-order valence-corrected chi connectivity index (χ4v) is 2.84. The molecule has 2 N–H and O–H groups in total. The second-order valence-electron chi connectivity index (χ2n) is 7.08. The average Bonchev–Trinajstić information content (AvgIpc) is 2.49. The minimum Gasteiger partial charge on any atom is -0.444 e. The van der Waals surface area contributed by atoms with Crippen molar-refractivity contribution in [2.75, 3.05) is 13.1 Å². The lowest BCUT2D eigenvalue weighted by atomic mass is 9.92. The molecule has 128 valence electrons. The molecule has 1 aromatic heterocycles. The van der Waals surface area contributed by atoms with E-state index in [4.69, 9.17) is 4.74 Å². The zero-order valence-electron chi connectivity index (χ0n) is 14.5. The summed E-state index contributed by atoms with van der Waals surface area (Å²) in [6.07, 6.45) is 7.01. The number of hydrogen-bond donors (Lipinski definition) is 2. The van der Waals surface area contributed by atoms with Crippen molar-refractivity contribution in [1.82, 2.24) is 15.6 Å². The van der Waals surface area contributed by atoms with Crippen LogP contribution in [0.2, 0.25) is 0 Å². The lowest BCUT2D eigenvalue weighted by Gasteiger charge is -2.25. The SMILES string of the molecule is CC(C)(C)OC(=O)NCCCCN[C@H]1CCCc2cccnc21. The molecule has 23 heavy (non-hydrogen) atoms. The van der Waals surface area contributed by atoms with Crippen molar-refractivity contribution in [3.63, 3.8) is 0 Å². The van der Waals surface area contributed by atoms with Gasteiger partial charge in [-0.2, -0.15) is 0 Å². The van der Waals surface area contributed by atoms with Crippen LogP contribution in [-0.4, -0.2) is 29.8 Å². The van der Waals surface area contributed by atoms with Gasteiger partial charge in [-0.1, -0.05) is 6.07 Å². The number of pyridine rings is 1. The minimum absolute atomic E-state index is 0.337. The van der Waals surface area contributed by atoms with E-state index in [1.165, 1.54) is 17.7 Å². The summed E-state index contributed by atoms with van der Waals surface area (Å²) in [7, 11) is 0. The predicted molar refractivity (Wildman–Crippen MR) is 91.4 cm³/mol. The summed E-state index contributed by atoms with van der Waals surface area (Å²) in [5.74, 6) is 0. The van der Waals surface area contributed by atoms with Crippen molar-refractivity contribution in [3.8, 4) is 0 Å². The number of fused-ring (bicyclic) bond motifs is 1. The molecule has 0 unspecified atom stereocenters. The molecule has 5 nitrogen and oxygen atoms in total. The molecule has 1 aliphatic rings. The topological polar surface area (TPSA) is 63.2 Å². The Hall–Kier alpha value is -1.62. The zero-order chi connectivity index (χ0) is 16.7. The Morgan fingerprint density at radius 2 is 2.13 bits per heavy atom. The van der Waals surface area contributed by atoms with Crippen LogP contribution >= 0.6 is 0 Å². The molecular weight excluding hydrogens is 290 g/mol. The Balaban J connectivity index is 1.61. The van der Waals surface area contributed by atoms with E-state index in [1.807, 2.05) is 33.0 Å². The van der Waals surface area contributed by atoms with Gasteiger partial charge in [0.2, 0.25) is 0 Å². The van der Waals surface area contributed by atoms with Crippen molar-refractivity contribution >= 4 is 6.09 Å². The highest BCUT2D eigenvalue weighted by molar-refractivity contribution is 5.67. The Morgan fingerprint density at radius 3 is 2.91 bits per heavy atom. The van der Waals surface area contributed by atoms with E-state index < -0.39 is 5.60 Å². The number of aryl methyl sites for hydroxylation is 1. The lowest BCUT2D eigenvalue weighted by molar-refractivity contribution is 0.0527. The fraction of sp³-hybridized carbons (Fsp3) is 0.667. The molecular formula is C18H29N3O2. The molecule has 0 aliphatic heterocycles. The average molecular weight is 319 g/mol. The Morgan fingerprint density at radius 1 is 1.35 bits per heavy atom. The van der Waals surface area contributed by atoms with Gasteiger partial charge in [0, 0.05) is 18.8 Å². The number of nitrogens with one attached hydrogen (secondary N) is 2. The number of rotatable bonds is 6. The van der Waals surface area contributed by atoms with Crippen molar-refractivity contribution in [1.29, 1.82) is 0 Å². The van der Waals surface area contributed by atoms with E-state index in [-0.39, 0.29) is 6.09 Å². The largest absolute Gasteiger partial charge is 0.444 e. The van der Waals surface area contributed by atoms with Gasteiger partial charge in [0.15, 0.2) is 0 Å². The highest BCUT2D eigenvalue weighted by Crippen LogP contribution is 2.27. The van der Waals surface area contributed by atoms with Gasteiger partial charge >= 0.3 is 6.09 Å². The normalized spacial score (nSPS) is 17.4. The quantitative estimate of drug-likeness (QED) is 0.789. The highest BCUT2D eigenvalue weighted by Gasteiger charge is 2.20. The predicted octanol–water partition coefficient (Wildman–Crippen LogP) is 3.35. The minimum atomic E-state index is -0.437. The molecule has 1 aliphatic carbocycles. The second kappa shape index (κ2) is 8.29. The van der Waals surface area contributed by atoms with Crippen LogP contribution in [0.3, 0.4) is 0 Å². The molecule has 2 rings (SSSR count). The van der Waals surface area contributed by atoms with Gasteiger partial charge < -0.3 is 15.4 Å². The molecule has 5 heteroatoms. The maximum Gasteiger partial charge on any atom is 0.407 e. The van der Waals surface area contributed by atoms with Gasteiger partial charge in [-0.15, -0.1) is 0 Å². The third-order valence-electron chi connectivity index (χ3n) is 3.86. The Labute approximate surface area is 139 Å². The summed E-state index contributed by atoms with van der Waals surface area (Å²) >= 11 is 0. The lowest BCUT2D eigenvalue weighted by Crippen LogP contribution is -2.33. The number of carbonyl (C=O) groups excluding carboxylic acids is 1. The molecule has 0 bridgehead atoms. The summed E-state index contributed by atoms with van der Waals surface area (Å²) in [4.78, 5) is 16.1. The van der Waals surface area contributed by atoms with Crippen molar-refractivity contribution < 1.29 is 9.53 Å². The molecule has 0 saturated carbocycles. The monoisotopic (exact) mass is 319 g/mol. The fourth-order valence-electron chi connectivity index (χ4n) is 2.84. The molecule has 0 radical (unpaired) electrons. The smallest absolute Gasteiger partial charge is 0.407 e. The van der Waals surface area contributed by atoms with Crippen LogP contribution in [0.4, 0.5) is 4.79 Å². The highest BCUT2D eigenvalue weighted by atomic mass is 16.6. The first-order valence-electron chi connectivity index (χ1n) is 8.60. The first-order chi connectivity index (χ1) is 11.0. The standard InChI is InChI=1S/C18H29N3O2/c1-18(2,3)23-17(22)21-12-5-4-11-19-15-10-6-8-14-9-7-13-20-16(14)15/h7,9,13,15,19H,4-6,8,10-12H2,1-3H3,(H,21,22)/t15-/m0/s1. The van der Waals surface area contributed by atoms with Gasteiger partial charge in [0.25, 0.3) is 0 Å². The van der Waals surface area contributed by atoms with Gasteiger partial charge in [0.1, 0.15) is 5.60 Å². The third-order valence-corrected chi connectivity index (χ3v) is 3.86. The molecule has 1 atom stereocenters. The van der Waals surface area contributed by atoms with Crippen molar-refractivity contribution in [2.24, 2.45) is 0 Å². The molecule has 1 aromatic rings. The van der Waals surface area contributed by atoms with E-state index in [1.54, 1.807) is 0 Å². The third kappa shape index (κ3) is 6.18. The van der Waals surface area contributed by atoms with E-state index in [0.717, 1.165) is 32.2 Å². The van der Waals surface area contributed by atoms with Crippen LogP contribution in [0, 0.1) is 0 Å². The van der Waals surface area contributed by atoms with Crippen LogP contribution in [0.1, 0.15) is 63.8 Å². The number of nitrogens with zero attached hydrogens (tertiary/aromatic N) is 1. The number of carbonyl (C=O) groups is 1. The molecule has 0 saturated heterocycles. The second-order valence-corrected chi connectivity index (χ2v) is 7.08. The summed E-state index contributed by atoms with van der Waals surface area (Å²) < 4.78 is 5.20.